The predicted molar refractivity (Wildman–Crippen MR) is 72.2 cm³/mol. The van der Waals surface area contributed by atoms with Gasteiger partial charge in [0, 0.05) is 29.8 Å². The number of nitrogens with zero attached hydrogens (tertiary/aromatic N) is 3. The molecule has 2 aromatic rings. The van der Waals surface area contributed by atoms with Crippen LogP contribution in [0.2, 0.25) is 0 Å². The first-order valence-corrected chi connectivity index (χ1v) is 7.88. The van der Waals surface area contributed by atoms with Crippen LogP contribution in [0.3, 0.4) is 0 Å². The maximum Gasteiger partial charge on any atom is 0.321 e. The number of hydrogen-bond donors (Lipinski definition) is 1. The van der Waals surface area contributed by atoms with E-state index < -0.39 is 0 Å². The van der Waals surface area contributed by atoms with E-state index in [1.165, 1.54) is 12.8 Å². The van der Waals surface area contributed by atoms with Gasteiger partial charge in [0.2, 0.25) is 0 Å². The summed E-state index contributed by atoms with van der Waals surface area (Å²) in [7, 11) is 0. The van der Waals surface area contributed by atoms with Gasteiger partial charge in [-0.3, -0.25) is 0 Å². The molecule has 18 heavy (non-hydrogen) atoms. The summed E-state index contributed by atoms with van der Waals surface area (Å²) in [6.45, 7) is 0.852. The van der Waals surface area contributed by atoms with Crippen LogP contribution in [0.4, 0.5) is 6.01 Å². The van der Waals surface area contributed by atoms with Crippen molar-refractivity contribution in [3.05, 3.63) is 17.4 Å². The molecule has 96 valence electrons. The maximum absolute atomic E-state index is 5.13. The van der Waals surface area contributed by atoms with Crippen LogP contribution in [0.15, 0.2) is 20.4 Å². The topological polar surface area (TPSA) is 63.8 Å². The molecule has 0 saturated heterocycles. The average Bonchev–Trinajstić information content (AvgIpc) is 2.92. The van der Waals surface area contributed by atoms with Gasteiger partial charge in [-0.05, 0) is 19.3 Å². The molecule has 0 amide bonds. The molecule has 1 fully saturated rings. The second kappa shape index (κ2) is 5.71. The summed E-state index contributed by atoms with van der Waals surface area (Å²) in [5.41, 5.74) is 0. The fourth-order valence-electron chi connectivity index (χ4n) is 1.52. The van der Waals surface area contributed by atoms with Crippen LogP contribution in [0.1, 0.15) is 31.0 Å². The molecule has 7 heteroatoms. The lowest BCUT2D eigenvalue weighted by atomic mass is 10.4. The van der Waals surface area contributed by atoms with Gasteiger partial charge in [-0.1, -0.05) is 16.9 Å². The van der Waals surface area contributed by atoms with Gasteiger partial charge in [0.1, 0.15) is 4.34 Å². The van der Waals surface area contributed by atoms with Crippen molar-refractivity contribution in [2.45, 2.75) is 29.5 Å². The summed E-state index contributed by atoms with van der Waals surface area (Å²) in [5, 5.41) is 9.11. The molecular formula is C11H14N4OS2. The zero-order chi connectivity index (χ0) is 12.2. The van der Waals surface area contributed by atoms with Crippen LogP contribution in [0.25, 0.3) is 0 Å². The Hall–Kier alpha value is -1.08. The molecule has 0 unspecified atom stereocenters. The zero-order valence-corrected chi connectivity index (χ0v) is 11.5. The zero-order valence-electron chi connectivity index (χ0n) is 9.83. The molecule has 1 saturated carbocycles. The molecular weight excluding hydrogens is 268 g/mol. The van der Waals surface area contributed by atoms with Gasteiger partial charge in [-0.2, -0.15) is 4.98 Å². The first kappa shape index (κ1) is 12.0. The average molecular weight is 282 g/mol. The third-order valence-electron chi connectivity index (χ3n) is 2.62. The minimum Gasteiger partial charge on any atom is -0.338 e. The summed E-state index contributed by atoms with van der Waals surface area (Å²) in [4.78, 5) is 8.54. The van der Waals surface area contributed by atoms with E-state index in [1.54, 1.807) is 23.1 Å². The molecule has 0 atom stereocenters. The number of aromatic nitrogens is 3. The maximum atomic E-state index is 5.13. The highest BCUT2D eigenvalue weighted by Crippen LogP contribution is 2.38. The van der Waals surface area contributed by atoms with E-state index in [0.29, 0.717) is 11.9 Å². The third-order valence-corrected chi connectivity index (χ3v) is 4.67. The van der Waals surface area contributed by atoms with E-state index in [9.17, 15) is 0 Å². The van der Waals surface area contributed by atoms with Crippen molar-refractivity contribution in [3.8, 4) is 0 Å². The van der Waals surface area contributed by atoms with Crippen LogP contribution >= 0.6 is 23.1 Å². The van der Waals surface area contributed by atoms with Crippen molar-refractivity contribution in [1.29, 1.82) is 0 Å². The standard InChI is InChI=1S/C11H14N4OS2/c1(6-17-11-13-5-7-18-11)4-12-10-14-9(15-16-10)8-2-3-8/h5,7-8H,1-4,6H2,(H,12,14,15). The number of rotatable bonds is 7. The van der Waals surface area contributed by atoms with Gasteiger partial charge >= 0.3 is 6.01 Å². The minimum absolute atomic E-state index is 0.546. The van der Waals surface area contributed by atoms with Crippen molar-refractivity contribution < 1.29 is 4.52 Å². The van der Waals surface area contributed by atoms with Gasteiger partial charge in [-0.15, -0.1) is 11.3 Å². The molecule has 3 rings (SSSR count). The highest BCUT2D eigenvalue weighted by Gasteiger charge is 2.28. The Bertz CT molecular complexity index is 481. The summed E-state index contributed by atoms with van der Waals surface area (Å²) in [5.74, 6) is 2.45. The summed E-state index contributed by atoms with van der Waals surface area (Å²) < 4.78 is 6.26. The lowest BCUT2D eigenvalue weighted by molar-refractivity contribution is 0.422. The molecule has 1 aliphatic rings. The molecule has 0 spiro atoms. The Labute approximate surface area is 113 Å². The van der Waals surface area contributed by atoms with Crippen LogP contribution < -0.4 is 5.32 Å². The van der Waals surface area contributed by atoms with E-state index in [-0.39, 0.29) is 0 Å². The second-order valence-corrected chi connectivity index (χ2v) is 6.40. The summed E-state index contributed by atoms with van der Waals surface area (Å²) >= 11 is 3.46. The monoisotopic (exact) mass is 282 g/mol. The molecule has 0 aliphatic heterocycles. The summed E-state index contributed by atoms with van der Waals surface area (Å²) in [6.07, 6.45) is 5.28. The van der Waals surface area contributed by atoms with E-state index in [1.807, 2.05) is 11.6 Å². The second-order valence-electron chi connectivity index (χ2n) is 4.16. The molecule has 1 N–H and O–H groups in total. The van der Waals surface area contributed by atoms with E-state index >= 15 is 0 Å². The Morgan fingerprint density at radius 1 is 1.50 bits per heavy atom. The van der Waals surface area contributed by atoms with E-state index in [2.05, 4.69) is 20.4 Å². The lowest BCUT2D eigenvalue weighted by Gasteiger charge is -1.99. The molecule has 0 radical (unpaired) electrons. The van der Waals surface area contributed by atoms with Gasteiger partial charge in [0.25, 0.3) is 0 Å². The van der Waals surface area contributed by atoms with Crippen molar-refractivity contribution >= 4 is 29.1 Å². The number of hydrogen-bond acceptors (Lipinski definition) is 7. The van der Waals surface area contributed by atoms with E-state index in [0.717, 1.165) is 28.9 Å². The number of anilines is 1. The SMILES string of the molecule is c1csc(SCCCNc2nc(C3CC3)no2)n1. The van der Waals surface area contributed by atoms with Crippen molar-refractivity contribution in [2.75, 3.05) is 17.6 Å². The Morgan fingerprint density at radius 2 is 2.44 bits per heavy atom. The largest absolute Gasteiger partial charge is 0.338 e. The highest BCUT2D eigenvalue weighted by atomic mass is 32.2. The third kappa shape index (κ3) is 3.23. The summed E-state index contributed by atoms with van der Waals surface area (Å²) in [6, 6.07) is 0.552. The smallest absolute Gasteiger partial charge is 0.321 e. The molecule has 0 aromatic carbocycles. The first-order valence-electron chi connectivity index (χ1n) is 6.01. The van der Waals surface area contributed by atoms with Crippen LogP contribution in [-0.4, -0.2) is 27.4 Å². The number of thiazole rings is 1. The van der Waals surface area contributed by atoms with Gasteiger partial charge < -0.3 is 9.84 Å². The first-order chi connectivity index (χ1) is 8.92. The normalized spacial score (nSPS) is 14.9. The van der Waals surface area contributed by atoms with Gasteiger partial charge in [0.15, 0.2) is 5.82 Å². The predicted octanol–water partition coefficient (Wildman–Crippen LogP) is 3.00. The van der Waals surface area contributed by atoms with Crippen molar-refractivity contribution in [2.24, 2.45) is 0 Å². The molecule has 1 aliphatic carbocycles. The quantitative estimate of drug-likeness (QED) is 0.622. The Kier molecular flexibility index (Phi) is 3.80. The van der Waals surface area contributed by atoms with Crippen LogP contribution in [-0.2, 0) is 0 Å². The van der Waals surface area contributed by atoms with Gasteiger partial charge in [0.05, 0.1) is 0 Å². The minimum atomic E-state index is 0.546. The highest BCUT2D eigenvalue weighted by molar-refractivity contribution is 8.00. The number of nitrogens with one attached hydrogen (secondary N) is 1. The van der Waals surface area contributed by atoms with Crippen LogP contribution in [0, 0.1) is 0 Å². The molecule has 5 nitrogen and oxygen atoms in total. The number of thioether (sulfide) groups is 1. The molecule has 2 aromatic heterocycles. The van der Waals surface area contributed by atoms with Crippen LogP contribution in [0.5, 0.6) is 0 Å². The molecule has 2 heterocycles. The Morgan fingerprint density at radius 3 is 3.22 bits per heavy atom. The fourth-order valence-corrected chi connectivity index (χ4v) is 3.17. The Balaban J connectivity index is 1.33. The lowest BCUT2D eigenvalue weighted by Crippen LogP contribution is -2.02. The van der Waals surface area contributed by atoms with Crippen molar-refractivity contribution in [1.82, 2.24) is 15.1 Å². The van der Waals surface area contributed by atoms with E-state index in [4.69, 9.17) is 4.52 Å². The fraction of sp³-hybridized carbons (Fsp3) is 0.545. The van der Waals surface area contributed by atoms with Gasteiger partial charge in [-0.25, -0.2) is 4.98 Å². The molecule has 0 bridgehead atoms. The van der Waals surface area contributed by atoms with Crippen molar-refractivity contribution in [3.63, 3.8) is 0 Å².